The molecule has 0 radical (unpaired) electrons. The molecule has 1 aromatic rings. The molecule has 2 rings (SSSR count). The van der Waals surface area contributed by atoms with Gasteiger partial charge in [0, 0.05) is 0 Å². The monoisotopic (exact) mass is 275 g/mol. The van der Waals surface area contributed by atoms with Crippen molar-refractivity contribution >= 4 is 5.91 Å². The first-order valence-electron chi connectivity index (χ1n) is 7.61. The van der Waals surface area contributed by atoms with Crippen LogP contribution in [0.4, 0.5) is 0 Å². The largest absolute Gasteiger partial charge is 0.394 e. The topological polar surface area (TPSA) is 49.3 Å². The summed E-state index contributed by atoms with van der Waals surface area (Å²) in [7, 11) is 0. The standard InChI is InChI=1S/C17H25NO2/c1-3-15(12-19)18-16(20)17(9-4-5-10-17)14-8-6-7-13(2)11-14/h6-8,11,15,19H,3-5,9-10,12H2,1-2H3,(H,18,20). The maximum atomic E-state index is 12.8. The van der Waals surface area contributed by atoms with Crippen molar-refractivity contribution < 1.29 is 9.90 Å². The zero-order valence-electron chi connectivity index (χ0n) is 12.5. The lowest BCUT2D eigenvalue weighted by Gasteiger charge is -2.30. The van der Waals surface area contributed by atoms with Gasteiger partial charge in [0.05, 0.1) is 18.1 Å². The third kappa shape index (κ3) is 2.88. The molecule has 0 saturated heterocycles. The van der Waals surface area contributed by atoms with Crippen LogP contribution in [-0.2, 0) is 10.2 Å². The van der Waals surface area contributed by atoms with E-state index in [1.54, 1.807) is 0 Å². The molecular weight excluding hydrogens is 250 g/mol. The Labute approximate surface area is 121 Å². The van der Waals surface area contributed by atoms with Crippen molar-refractivity contribution in [3.8, 4) is 0 Å². The lowest BCUT2D eigenvalue weighted by Crippen LogP contribution is -2.48. The molecule has 3 nitrogen and oxygen atoms in total. The quantitative estimate of drug-likeness (QED) is 0.868. The molecule has 1 amide bonds. The number of nitrogens with one attached hydrogen (secondary N) is 1. The minimum absolute atomic E-state index is 0.00609. The van der Waals surface area contributed by atoms with Gasteiger partial charge in [0.1, 0.15) is 0 Å². The molecule has 1 aliphatic rings. The predicted molar refractivity (Wildman–Crippen MR) is 80.6 cm³/mol. The van der Waals surface area contributed by atoms with Crippen molar-refractivity contribution in [3.05, 3.63) is 35.4 Å². The average molecular weight is 275 g/mol. The highest BCUT2D eigenvalue weighted by molar-refractivity contribution is 5.88. The summed E-state index contributed by atoms with van der Waals surface area (Å²) >= 11 is 0. The molecule has 0 heterocycles. The second kappa shape index (κ2) is 6.40. The molecule has 1 fully saturated rings. The molecule has 1 atom stereocenters. The summed E-state index contributed by atoms with van der Waals surface area (Å²) in [5.41, 5.74) is 1.92. The van der Waals surface area contributed by atoms with E-state index in [0.29, 0.717) is 0 Å². The normalized spacial score (nSPS) is 18.8. The molecule has 3 heteroatoms. The lowest BCUT2D eigenvalue weighted by molar-refractivity contribution is -0.127. The van der Waals surface area contributed by atoms with Gasteiger partial charge in [-0.3, -0.25) is 4.79 Å². The zero-order valence-corrected chi connectivity index (χ0v) is 12.5. The van der Waals surface area contributed by atoms with Gasteiger partial charge in [-0.25, -0.2) is 0 Å². The molecule has 1 aliphatic carbocycles. The highest BCUT2D eigenvalue weighted by Crippen LogP contribution is 2.41. The molecule has 1 saturated carbocycles. The van der Waals surface area contributed by atoms with E-state index in [4.69, 9.17) is 0 Å². The summed E-state index contributed by atoms with van der Waals surface area (Å²) < 4.78 is 0. The molecular formula is C17H25NO2. The van der Waals surface area contributed by atoms with E-state index in [2.05, 4.69) is 30.4 Å². The van der Waals surface area contributed by atoms with Gasteiger partial charge in [-0.1, -0.05) is 49.6 Å². The van der Waals surface area contributed by atoms with Crippen molar-refractivity contribution in [2.75, 3.05) is 6.61 Å². The summed E-state index contributed by atoms with van der Waals surface area (Å²) in [4.78, 5) is 12.8. The molecule has 20 heavy (non-hydrogen) atoms. The number of rotatable bonds is 5. The fraction of sp³-hybridized carbons (Fsp3) is 0.588. The van der Waals surface area contributed by atoms with E-state index in [1.807, 2.05) is 13.0 Å². The van der Waals surface area contributed by atoms with Gasteiger partial charge >= 0.3 is 0 Å². The molecule has 0 spiro atoms. The zero-order chi connectivity index (χ0) is 14.6. The van der Waals surface area contributed by atoms with Crippen LogP contribution in [0.15, 0.2) is 24.3 Å². The Bertz CT molecular complexity index is 460. The summed E-state index contributed by atoms with van der Waals surface area (Å²) in [5.74, 6) is 0.0847. The molecule has 0 bridgehead atoms. The molecule has 2 N–H and O–H groups in total. The lowest BCUT2D eigenvalue weighted by atomic mass is 9.77. The van der Waals surface area contributed by atoms with Crippen LogP contribution >= 0.6 is 0 Å². The van der Waals surface area contributed by atoms with Gasteiger partial charge in [-0.2, -0.15) is 0 Å². The Hall–Kier alpha value is -1.35. The number of hydrogen-bond donors (Lipinski definition) is 2. The third-order valence-electron chi connectivity index (χ3n) is 4.51. The van der Waals surface area contributed by atoms with Crippen LogP contribution in [0, 0.1) is 6.92 Å². The van der Waals surface area contributed by atoms with Crippen molar-refractivity contribution in [1.82, 2.24) is 5.32 Å². The number of aliphatic hydroxyl groups is 1. The molecule has 110 valence electrons. The minimum atomic E-state index is -0.394. The second-order valence-corrected chi connectivity index (χ2v) is 5.92. The summed E-state index contributed by atoms with van der Waals surface area (Å²) in [6.07, 6.45) is 4.76. The van der Waals surface area contributed by atoms with Crippen molar-refractivity contribution in [3.63, 3.8) is 0 Å². The predicted octanol–water partition coefficient (Wildman–Crippen LogP) is 2.69. The van der Waals surface area contributed by atoms with Crippen LogP contribution in [0.1, 0.15) is 50.2 Å². The fourth-order valence-electron chi connectivity index (χ4n) is 3.17. The van der Waals surface area contributed by atoms with Crippen LogP contribution in [0.25, 0.3) is 0 Å². The number of carbonyl (C=O) groups is 1. The van der Waals surface area contributed by atoms with Crippen LogP contribution in [-0.4, -0.2) is 23.7 Å². The van der Waals surface area contributed by atoms with Crippen LogP contribution in [0.3, 0.4) is 0 Å². The van der Waals surface area contributed by atoms with E-state index in [0.717, 1.165) is 37.7 Å². The summed E-state index contributed by atoms with van der Waals surface area (Å²) in [6, 6.07) is 8.15. The maximum Gasteiger partial charge on any atom is 0.230 e. The Balaban J connectivity index is 2.28. The average Bonchev–Trinajstić information content (AvgIpc) is 2.95. The summed E-state index contributed by atoms with van der Waals surface area (Å²) in [6.45, 7) is 4.05. The van der Waals surface area contributed by atoms with Gasteiger partial charge in [0.25, 0.3) is 0 Å². The maximum absolute atomic E-state index is 12.8. The molecule has 0 aromatic heterocycles. The molecule has 1 unspecified atom stereocenters. The number of amides is 1. The number of aliphatic hydroxyl groups excluding tert-OH is 1. The minimum Gasteiger partial charge on any atom is -0.394 e. The van der Waals surface area contributed by atoms with Crippen LogP contribution in [0.2, 0.25) is 0 Å². The van der Waals surface area contributed by atoms with Gasteiger partial charge in [-0.15, -0.1) is 0 Å². The highest BCUT2D eigenvalue weighted by atomic mass is 16.3. The van der Waals surface area contributed by atoms with Gasteiger partial charge in [-0.05, 0) is 31.7 Å². The number of aryl methyl sites for hydroxylation is 1. The van der Waals surface area contributed by atoms with Crippen LogP contribution in [0.5, 0.6) is 0 Å². The van der Waals surface area contributed by atoms with Crippen LogP contribution < -0.4 is 5.32 Å². The van der Waals surface area contributed by atoms with E-state index in [-0.39, 0.29) is 18.6 Å². The third-order valence-corrected chi connectivity index (χ3v) is 4.51. The first-order chi connectivity index (χ1) is 9.62. The van der Waals surface area contributed by atoms with E-state index < -0.39 is 5.41 Å². The Morgan fingerprint density at radius 2 is 2.10 bits per heavy atom. The second-order valence-electron chi connectivity index (χ2n) is 5.92. The van der Waals surface area contributed by atoms with Crippen molar-refractivity contribution in [2.45, 2.75) is 57.4 Å². The van der Waals surface area contributed by atoms with E-state index in [9.17, 15) is 9.90 Å². The van der Waals surface area contributed by atoms with Gasteiger partial charge in [0.2, 0.25) is 5.91 Å². The number of benzene rings is 1. The van der Waals surface area contributed by atoms with E-state index in [1.165, 1.54) is 5.56 Å². The van der Waals surface area contributed by atoms with Gasteiger partial charge < -0.3 is 10.4 Å². The Morgan fingerprint density at radius 3 is 2.65 bits per heavy atom. The fourth-order valence-corrected chi connectivity index (χ4v) is 3.17. The smallest absolute Gasteiger partial charge is 0.230 e. The van der Waals surface area contributed by atoms with Crippen molar-refractivity contribution in [1.29, 1.82) is 0 Å². The first-order valence-corrected chi connectivity index (χ1v) is 7.61. The number of hydrogen-bond acceptors (Lipinski definition) is 2. The van der Waals surface area contributed by atoms with E-state index >= 15 is 0 Å². The Kier molecular flexibility index (Phi) is 4.81. The van der Waals surface area contributed by atoms with Gasteiger partial charge in [0.15, 0.2) is 0 Å². The Morgan fingerprint density at radius 1 is 1.40 bits per heavy atom. The molecule has 1 aromatic carbocycles. The first kappa shape index (κ1) is 15.0. The number of carbonyl (C=O) groups excluding carboxylic acids is 1. The summed E-state index contributed by atoms with van der Waals surface area (Å²) in [5, 5.41) is 12.3. The SMILES string of the molecule is CCC(CO)NC(=O)C1(c2cccc(C)c2)CCCC1. The highest BCUT2D eigenvalue weighted by Gasteiger charge is 2.43. The molecule has 0 aliphatic heterocycles. The van der Waals surface area contributed by atoms with Crippen molar-refractivity contribution in [2.24, 2.45) is 0 Å².